The van der Waals surface area contributed by atoms with Gasteiger partial charge in [-0.3, -0.25) is 14.3 Å². The van der Waals surface area contributed by atoms with Crippen molar-refractivity contribution in [3.05, 3.63) is 48.7 Å². The summed E-state index contributed by atoms with van der Waals surface area (Å²) in [7, 11) is 0. The molecule has 0 unspecified atom stereocenters. The van der Waals surface area contributed by atoms with Gasteiger partial charge in [-0.05, 0) is 37.1 Å². The van der Waals surface area contributed by atoms with Crippen LogP contribution in [0.5, 0.6) is 0 Å². The molecule has 3 aromatic heterocycles. The number of carbonyl (C=O) groups excluding carboxylic acids is 1. The monoisotopic (exact) mass is 383 g/mol. The quantitative estimate of drug-likeness (QED) is 0.631. The van der Waals surface area contributed by atoms with Crippen molar-refractivity contribution in [2.75, 3.05) is 5.75 Å². The fourth-order valence-electron chi connectivity index (χ4n) is 3.27. The summed E-state index contributed by atoms with van der Waals surface area (Å²) in [6.45, 7) is 0.497. The van der Waals surface area contributed by atoms with E-state index in [1.54, 1.807) is 18.7 Å². The molecule has 3 heterocycles. The van der Waals surface area contributed by atoms with Crippen LogP contribution in [0.3, 0.4) is 0 Å². The molecule has 1 N–H and O–H groups in total. The Balaban J connectivity index is 1.51. The highest BCUT2D eigenvalue weighted by Gasteiger charge is 2.20. The number of rotatable bonds is 7. The van der Waals surface area contributed by atoms with E-state index in [9.17, 15) is 4.79 Å². The maximum Gasteiger partial charge on any atom is 0.230 e. The standard InChI is InChI=1S/C19H21N5O2S/c25-17(21-15-6-1-2-7-15)13-27-19-23-22-18(14-5-3-9-20-11-14)24(19)12-16-8-4-10-26-16/h3-5,8-11,15H,1-2,6-7,12-13H2,(H,21,25). The number of aromatic nitrogens is 4. The number of hydrogen-bond donors (Lipinski definition) is 1. The number of furan rings is 1. The number of pyridine rings is 1. The Hall–Kier alpha value is -2.61. The number of carbonyl (C=O) groups is 1. The third kappa shape index (κ3) is 4.39. The lowest BCUT2D eigenvalue weighted by molar-refractivity contribution is -0.119. The molecule has 0 saturated heterocycles. The summed E-state index contributed by atoms with van der Waals surface area (Å²) in [5.74, 6) is 1.87. The molecule has 0 spiro atoms. The molecule has 0 radical (unpaired) electrons. The van der Waals surface area contributed by atoms with Crippen LogP contribution in [0, 0.1) is 0 Å². The van der Waals surface area contributed by atoms with E-state index < -0.39 is 0 Å². The van der Waals surface area contributed by atoms with Gasteiger partial charge in [0, 0.05) is 24.0 Å². The molecule has 3 aromatic rings. The number of hydrogen-bond acceptors (Lipinski definition) is 6. The van der Waals surface area contributed by atoms with Gasteiger partial charge in [-0.1, -0.05) is 24.6 Å². The van der Waals surface area contributed by atoms with Crippen LogP contribution in [0.2, 0.25) is 0 Å². The number of thioether (sulfide) groups is 1. The van der Waals surface area contributed by atoms with Gasteiger partial charge in [0.2, 0.25) is 5.91 Å². The maximum absolute atomic E-state index is 12.3. The molecule has 0 bridgehead atoms. The van der Waals surface area contributed by atoms with E-state index in [-0.39, 0.29) is 5.91 Å². The van der Waals surface area contributed by atoms with Crippen LogP contribution in [-0.2, 0) is 11.3 Å². The normalized spacial score (nSPS) is 14.5. The molecule has 1 amide bonds. The minimum atomic E-state index is 0.0439. The molecule has 0 aromatic carbocycles. The van der Waals surface area contributed by atoms with Gasteiger partial charge in [0.25, 0.3) is 0 Å². The van der Waals surface area contributed by atoms with Gasteiger partial charge >= 0.3 is 0 Å². The lowest BCUT2D eigenvalue weighted by Crippen LogP contribution is -2.33. The van der Waals surface area contributed by atoms with E-state index in [0.29, 0.717) is 29.3 Å². The van der Waals surface area contributed by atoms with Crippen molar-refractivity contribution >= 4 is 17.7 Å². The second-order valence-electron chi connectivity index (χ2n) is 6.55. The third-order valence-corrected chi connectivity index (χ3v) is 5.55. The number of amides is 1. The topological polar surface area (TPSA) is 85.8 Å². The number of nitrogens with one attached hydrogen (secondary N) is 1. The average molecular weight is 383 g/mol. The predicted molar refractivity (Wildman–Crippen MR) is 102 cm³/mol. The van der Waals surface area contributed by atoms with Gasteiger partial charge < -0.3 is 9.73 Å². The molecule has 0 aliphatic heterocycles. The molecule has 8 heteroatoms. The first-order chi connectivity index (χ1) is 13.3. The maximum atomic E-state index is 12.3. The Labute approximate surface area is 161 Å². The van der Waals surface area contributed by atoms with Gasteiger partial charge in [-0.15, -0.1) is 10.2 Å². The summed E-state index contributed by atoms with van der Waals surface area (Å²) in [6.07, 6.45) is 9.68. The van der Waals surface area contributed by atoms with Crippen LogP contribution in [0.15, 0.2) is 52.5 Å². The van der Waals surface area contributed by atoms with Crippen molar-refractivity contribution in [2.24, 2.45) is 0 Å². The van der Waals surface area contributed by atoms with E-state index >= 15 is 0 Å². The van der Waals surface area contributed by atoms with Crippen molar-refractivity contribution in [1.29, 1.82) is 0 Å². The zero-order valence-corrected chi connectivity index (χ0v) is 15.7. The Morgan fingerprint density at radius 1 is 1.26 bits per heavy atom. The smallest absolute Gasteiger partial charge is 0.230 e. The minimum absolute atomic E-state index is 0.0439. The number of nitrogens with zero attached hydrogens (tertiary/aromatic N) is 4. The fraction of sp³-hybridized carbons (Fsp3) is 0.368. The van der Waals surface area contributed by atoms with Crippen LogP contribution < -0.4 is 5.32 Å². The summed E-state index contributed by atoms with van der Waals surface area (Å²) in [5, 5.41) is 12.4. The lowest BCUT2D eigenvalue weighted by atomic mass is 10.2. The average Bonchev–Trinajstić information content (AvgIpc) is 3.44. The summed E-state index contributed by atoms with van der Waals surface area (Å²) in [6, 6.07) is 7.89. The molecular weight excluding hydrogens is 362 g/mol. The van der Waals surface area contributed by atoms with Crippen molar-refractivity contribution in [3.8, 4) is 11.4 Å². The zero-order valence-electron chi connectivity index (χ0n) is 14.9. The molecule has 4 rings (SSSR count). The molecule has 1 aliphatic rings. The van der Waals surface area contributed by atoms with Gasteiger partial charge in [0.1, 0.15) is 5.76 Å². The SMILES string of the molecule is O=C(CSc1nnc(-c2cccnc2)n1Cc1ccco1)NC1CCCC1. The van der Waals surface area contributed by atoms with Crippen molar-refractivity contribution in [2.45, 2.75) is 43.4 Å². The molecule has 0 atom stereocenters. The molecule has 140 valence electrons. The van der Waals surface area contributed by atoms with Crippen LogP contribution in [0.25, 0.3) is 11.4 Å². The second-order valence-corrected chi connectivity index (χ2v) is 7.49. The van der Waals surface area contributed by atoms with Crippen LogP contribution in [0.1, 0.15) is 31.4 Å². The summed E-state index contributed by atoms with van der Waals surface area (Å²) >= 11 is 1.39. The van der Waals surface area contributed by atoms with Crippen molar-refractivity contribution in [3.63, 3.8) is 0 Å². The summed E-state index contributed by atoms with van der Waals surface area (Å²) in [4.78, 5) is 16.4. The van der Waals surface area contributed by atoms with E-state index in [4.69, 9.17) is 4.42 Å². The largest absolute Gasteiger partial charge is 0.467 e. The lowest BCUT2D eigenvalue weighted by Gasteiger charge is -2.12. The highest BCUT2D eigenvalue weighted by molar-refractivity contribution is 7.99. The van der Waals surface area contributed by atoms with Gasteiger partial charge in [-0.25, -0.2) is 0 Å². The summed E-state index contributed by atoms with van der Waals surface area (Å²) in [5.41, 5.74) is 0.874. The highest BCUT2D eigenvalue weighted by Crippen LogP contribution is 2.25. The van der Waals surface area contributed by atoms with E-state index in [1.807, 2.05) is 28.8 Å². The first-order valence-electron chi connectivity index (χ1n) is 9.08. The molecule has 1 saturated carbocycles. The zero-order chi connectivity index (χ0) is 18.5. The van der Waals surface area contributed by atoms with Gasteiger partial charge in [-0.2, -0.15) is 0 Å². The first-order valence-corrected chi connectivity index (χ1v) is 10.1. The Bertz CT molecular complexity index is 873. The molecule has 7 nitrogen and oxygen atoms in total. The predicted octanol–water partition coefficient (Wildman–Crippen LogP) is 3.13. The van der Waals surface area contributed by atoms with E-state index in [1.165, 1.54) is 24.6 Å². The minimum Gasteiger partial charge on any atom is -0.467 e. The molecule has 27 heavy (non-hydrogen) atoms. The second kappa shape index (κ2) is 8.39. The Morgan fingerprint density at radius 2 is 2.15 bits per heavy atom. The molecule has 1 aliphatic carbocycles. The van der Waals surface area contributed by atoms with Crippen LogP contribution in [-0.4, -0.2) is 37.5 Å². The van der Waals surface area contributed by atoms with Crippen LogP contribution in [0.4, 0.5) is 0 Å². The Kier molecular flexibility index (Phi) is 5.53. The fourth-order valence-corrected chi connectivity index (χ4v) is 4.02. The van der Waals surface area contributed by atoms with Gasteiger partial charge in [0.15, 0.2) is 11.0 Å². The van der Waals surface area contributed by atoms with Crippen LogP contribution >= 0.6 is 11.8 Å². The van der Waals surface area contributed by atoms with E-state index in [0.717, 1.165) is 24.2 Å². The van der Waals surface area contributed by atoms with Gasteiger partial charge in [0.05, 0.1) is 18.6 Å². The van der Waals surface area contributed by atoms with Crippen molar-refractivity contribution in [1.82, 2.24) is 25.1 Å². The molecule has 1 fully saturated rings. The highest BCUT2D eigenvalue weighted by atomic mass is 32.2. The Morgan fingerprint density at radius 3 is 2.89 bits per heavy atom. The summed E-state index contributed by atoms with van der Waals surface area (Å²) < 4.78 is 7.45. The molecular formula is C19H21N5O2S. The third-order valence-electron chi connectivity index (χ3n) is 4.58. The first kappa shape index (κ1) is 17.8. The van der Waals surface area contributed by atoms with E-state index in [2.05, 4.69) is 20.5 Å². The van der Waals surface area contributed by atoms with Crippen molar-refractivity contribution < 1.29 is 9.21 Å².